The molecule has 0 saturated carbocycles. The van der Waals surface area contributed by atoms with E-state index in [-0.39, 0.29) is 5.91 Å². The van der Waals surface area contributed by atoms with E-state index in [2.05, 4.69) is 20.9 Å². The molecule has 1 aliphatic heterocycles. The van der Waals surface area contributed by atoms with Crippen LogP contribution in [0.3, 0.4) is 0 Å². The van der Waals surface area contributed by atoms with E-state index in [4.69, 9.17) is 33.0 Å². The zero-order valence-corrected chi connectivity index (χ0v) is 21.2. The maximum atomic E-state index is 13.5. The Balaban J connectivity index is 1.76. The van der Waals surface area contributed by atoms with Crippen LogP contribution in [-0.2, 0) is 9.59 Å². The lowest BCUT2D eigenvalue weighted by Gasteiger charge is -2.15. The van der Waals surface area contributed by atoms with E-state index in [9.17, 15) is 9.59 Å². The number of aliphatic carboxylic acids is 1. The van der Waals surface area contributed by atoms with Gasteiger partial charge in [0.05, 0.1) is 16.3 Å². The van der Waals surface area contributed by atoms with Gasteiger partial charge in [-0.25, -0.2) is 9.79 Å². The average molecular weight is 578 g/mol. The maximum absolute atomic E-state index is 13.5. The number of nitrogens with zero attached hydrogens (tertiary/aromatic N) is 2. The van der Waals surface area contributed by atoms with Crippen LogP contribution in [0.5, 0.6) is 5.75 Å². The van der Waals surface area contributed by atoms with Crippen molar-refractivity contribution in [2.45, 2.75) is 0 Å². The zero-order chi connectivity index (χ0) is 24.2. The molecule has 1 aliphatic rings. The van der Waals surface area contributed by atoms with Crippen LogP contribution < -0.4 is 9.64 Å². The van der Waals surface area contributed by atoms with Gasteiger partial charge in [-0.2, -0.15) is 0 Å². The Bertz CT molecular complexity index is 1310. The topological polar surface area (TPSA) is 79.2 Å². The van der Waals surface area contributed by atoms with E-state index >= 15 is 0 Å². The first-order chi connectivity index (χ1) is 16.3. The third kappa shape index (κ3) is 5.82. The molecule has 0 spiro atoms. The Morgan fingerprint density at radius 2 is 1.71 bits per heavy atom. The number of anilines is 1. The smallest absolute Gasteiger partial charge is 0.341 e. The molecule has 1 saturated heterocycles. The minimum atomic E-state index is -1.10. The fourth-order valence-corrected chi connectivity index (χ4v) is 4.66. The number of thioether (sulfide) groups is 1. The largest absolute Gasteiger partial charge is 0.481 e. The standard InChI is InChI=1S/C24H15BrCl2N2O4S/c25-15-1-10-20(33-13-22(30)31)14(11-15)12-21-23(32)29(19-8-4-17(27)5-9-19)24(34-21)28-18-6-2-16(26)3-7-18/h1-12H,13H2,(H,30,31)/b21-12-,28-24?. The number of carbonyl (C=O) groups is 2. The normalized spacial score (nSPS) is 15.9. The van der Waals surface area contributed by atoms with Gasteiger partial charge in [0.25, 0.3) is 5.91 Å². The van der Waals surface area contributed by atoms with Crippen LogP contribution in [0, 0.1) is 0 Å². The molecule has 0 bridgehead atoms. The van der Waals surface area contributed by atoms with Crippen molar-refractivity contribution in [1.82, 2.24) is 0 Å². The molecule has 1 amide bonds. The fraction of sp³-hybridized carbons (Fsp3) is 0.0417. The van der Waals surface area contributed by atoms with Crippen LogP contribution >= 0.6 is 50.9 Å². The minimum Gasteiger partial charge on any atom is -0.481 e. The Labute approximate surface area is 218 Å². The van der Waals surface area contributed by atoms with Crippen LogP contribution in [-0.4, -0.2) is 28.8 Å². The van der Waals surface area contributed by atoms with Gasteiger partial charge in [0.1, 0.15) is 5.75 Å². The Hall–Kier alpha value is -2.78. The van der Waals surface area contributed by atoms with Crippen molar-refractivity contribution in [3.05, 3.63) is 91.7 Å². The first kappa shape index (κ1) is 24.3. The lowest BCUT2D eigenvalue weighted by atomic mass is 10.2. The molecule has 10 heteroatoms. The first-order valence-electron chi connectivity index (χ1n) is 9.78. The van der Waals surface area contributed by atoms with Crippen molar-refractivity contribution in [2.75, 3.05) is 11.5 Å². The van der Waals surface area contributed by atoms with Gasteiger partial charge in [-0.05, 0) is 84.6 Å². The molecule has 1 fully saturated rings. The number of hydrogen-bond acceptors (Lipinski definition) is 5. The van der Waals surface area contributed by atoms with Crippen molar-refractivity contribution in [3.8, 4) is 5.75 Å². The zero-order valence-electron chi connectivity index (χ0n) is 17.2. The van der Waals surface area contributed by atoms with Gasteiger partial charge in [0, 0.05) is 20.1 Å². The number of amidine groups is 1. The monoisotopic (exact) mass is 576 g/mol. The molecule has 34 heavy (non-hydrogen) atoms. The van der Waals surface area contributed by atoms with Crippen molar-refractivity contribution in [3.63, 3.8) is 0 Å². The lowest BCUT2D eigenvalue weighted by Crippen LogP contribution is -2.28. The summed E-state index contributed by atoms with van der Waals surface area (Å²) < 4.78 is 6.15. The van der Waals surface area contributed by atoms with Crippen molar-refractivity contribution in [1.29, 1.82) is 0 Å². The first-order valence-corrected chi connectivity index (χ1v) is 12.1. The molecule has 1 heterocycles. The Kier molecular flexibility index (Phi) is 7.63. The molecule has 3 aromatic rings. The molecule has 4 rings (SSSR count). The number of carboxylic acids is 1. The van der Waals surface area contributed by atoms with Crippen LogP contribution in [0.2, 0.25) is 10.0 Å². The van der Waals surface area contributed by atoms with Crippen molar-refractivity contribution >= 4 is 85.4 Å². The highest BCUT2D eigenvalue weighted by molar-refractivity contribution is 9.10. The number of amides is 1. The molecular weight excluding hydrogens is 563 g/mol. The Morgan fingerprint density at radius 1 is 1.06 bits per heavy atom. The summed E-state index contributed by atoms with van der Waals surface area (Å²) in [6, 6.07) is 19.0. The summed E-state index contributed by atoms with van der Waals surface area (Å²) in [5, 5.41) is 10.5. The lowest BCUT2D eigenvalue weighted by molar-refractivity contribution is -0.139. The SMILES string of the molecule is O=C(O)COc1ccc(Br)cc1/C=C1\SC(=Nc2ccc(Cl)cc2)N(c2ccc(Cl)cc2)C1=O. The van der Waals surface area contributed by atoms with Crippen LogP contribution in [0.15, 0.2) is 81.1 Å². The average Bonchev–Trinajstić information content (AvgIpc) is 3.10. The molecular formula is C24H15BrCl2N2O4S. The number of aliphatic imine (C=N–C) groups is 1. The second-order valence-corrected chi connectivity index (χ2v) is 9.76. The summed E-state index contributed by atoms with van der Waals surface area (Å²) in [6.07, 6.45) is 1.66. The van der Waals surface area contributed by atoms with Gasteiger partial charge in [0.2, 0.25) is 0 Å². The van der Waals surface area contributed by atoms with Crippen LogP contribution in [0.4, 0.5) is 11.4 Å². The van der Waals surface area contributed by atoms with E-state index in [1.54, 1.807) is 72.8 Å². The van der Waals surface area contributed by atoms with Crippen LogP contribution in [0.25, 0.3) is 6.08 Å². The van der Waals surface area contributed by atoms with Gasteiger partial charge in [-0.1, -0.05) is 39.1 Å². The maximum Gasteiger partial charge on any atom is 0.341 e. The summed E-state index contributed by atoms with van der Waals surface area (Å²) in [5.41, 5.74) is 1.79. The van der Waals surface area contributed by atoms with Gasteiger partial charge < -0.3 is 9.84 Å². The molecule has 0 atom stereocenters. The third-order valence-corrected chi connectivity index (χ3v) is 6.52. The molecule has 6 nitrogen and oxygen atoms in total. The van der Waals surface area contributed by atoms with E-state index in [0.29, 0.717) is 42.8 Å². The number of carboxylic acid groups (broad SMARTS) is 1. The molecule has 1 N–H and O–H groups in total. The van der Waals surface area contributed by atoms with Gasteiger partial charge in [0.15, 0.2) is 11.8 Å². The summed E-state index contributed by atoms with van der Waals surface area (Å²) >= 11 is 16.6. The number of halogens is 3. The van der Waals surface area contributed by atoms with Gasteiger partial charge >= 0.3 is 5.97 Å². The molecule has 172 valence electrons. The summed E-state index contributed by atoms with van der Waals surface area (Å²) in [6.45, 7) is -0.501. The predicted molar refractivity (Wildman–Crippen MR) is 140 cm³/mol. The summed E-state index contributed by atoms with van der Waals surface area (Å²) in [5.74, 6) is -1.05. The number of rotatable bonds is 6. The van der Waals surface area contributed by atoms with Crippen LogP contribution in [0.1, 0.15) is 5.56 Å². The quantitative estimate of drug-likeness (QED) is 0.318. The molecule has 0 unspecified atom stereocenters. The van der Waals surface area contributed by atoms with Gasteiger partial charge in [-0.15, -0.1) is 0 Å². The predicted octanol–water partition coefficient (Wildman–Crippen LogP) is 7.03. The molecule has 0 radical (unpaired) electrons. The minimum absolute atomic E-state index is 0.288. The summed E-state index contributed by atoms with van der Waals surface area (Å²) in [4.78, 5) is 31.0. The van der Waals surface area contributed by atoms with E-state index in [0.717, 1.165) is 4.47 Å². The number of carbonyl (C=O) groups excluding carboxylic acids is 1. The fourth-order valence-electron chi connectivity index (χ4n) is 3.04. The number of benzene rings is 3. The molecule has 0 aromatic heterocycles. The highest BCUT2D eigenvalue weighted by Crippen LogP contribution is 2.39. The summed E-state index contributed by atoms with van der Waals surface area (Å²) in [7, 11) is 0. The van der Waals surface area contributed by atoms with Crippen molar-refractivity contribution < 1.29 is 19.4 Å². The van der Waals surface area contributed by atoms with Gasteiger partial charge in [-0.3, -0.25) is 9.69 Å². The van der Waals surface area contributed by atoms with E-state index in [1.165, 1.54) is 16.7 Å². The number of hydrogen-bond donors (Lipinski definition) is 1. The highest BCUT2D eigenvalue weighted by atomic mass is 79.9. The van der Waals surface area contributed by atoms with E-state index < -0.39 is 12.6 Å². The Morgan fingerprint density at radius 3 is 2.35 bits per heavy atom. The molecule has 3 aromatic carbocycles. The van der Waals surface area contributed by atoms with E-state index in [1.807, 2.05) is 0 Å². The highest BCUT2D eigenvalue weighted by Gasteiger charge is 2.35. The molecule has 0 aliphatic carbocycles. The number of ether oxygens (including phenoxy) is 1. The second-order valence-electron chi connectivity index (χ2n) is 6.96. The van der Waals surface area contributed by atoms with Crippen molar-refractivity contribution in [2.24, 2.45) is 4.99 Å². The second kappa shape index (κ2) is 10.7. The third-order valence-electron chi connectivity index (χ3n) is 4.55.